The minimum atomic E-state index is -3.77. The quantitative estimate of drug-likeness (QED) is 0.852. The number of carbonyl (C=O) groups excluding carboxylic acids is 1. The van der Waals surface area contributed by atoms with Gasteiger partial charge in [-0.1, -0.05) is 30.3 Å². The SMILES string of the molecule is N#Cc1ccc(S(=O)(=O)NCC(=O)c2ccccc2)cc1. The normalized spacial score (nSPS) is 10.8. The summed E-state index contributed by atoms with van der Waals surface area (Å²) in [7, 11) is -3.77. The van der Waals surface area contributed by atoms with Gasteiger partial charge in [-0.3, -0.25) is 4.79 Å². The van der Waals surface area contributed by atoms with E-state index in [4.69, 9.17) is 5.26 Å². The Hall–Kier alpha value is -2.49. The summed E-state index contributed by atoms with van der Waals surface area (Å²) in [4.78, 5) is 11.9. The number of Topliss-reactive ketones (excluding diaryl/α,β-unsaturated/α-hetero) is 1. The van der Waals surface area contributed by atoms with E-state index in [0.29, 0.717) is 11.1 Å². The molecule has 106 valence electrons. The predicted molar refractivity (Wildman–Crippen MR) is 77.1 cm³/mol. The number of nitrogens with zero attached hydrogens (tertiary/aromatic N) is 1. The molecular weight excluding hydrogens is 288 g/mol. The number of benzene rings is 2. The molecule has 5 nitrogen and oxygen atoms in total. The third-order valence-corrected chi connectivity index (χ3v) is 4.23. The molecule has 0 unspecified atom stereocenters. The Kier molecular flexibility index (Phi) is 4.48. The standard InChI is InChI=1S/C15H12N2O3S/c16-10-12-6-8-14(9-7-12)21(19,20)17-11-15(18)13-4-2-1-3-5-13/h1-9,17H,11H2. The molecule has 21 heavy (non-hydrogen) atoms. The van der Waals surface area contributed by atoms with E-state index in [-0.39, 0.29) is 17.2 Å². The molecule has 0 saturated heterocycles. The summed E-state index contributed by atoms with van der Waals surface area (Å²) in [6.45, 7) is -0.313. The Balaban J connectivity index is 2.08. The van der Waals surface area contributed by atoms with Gasteiger partial charge in [-0.05, 0) is 24.3 Å². The Morgan fingerprint density at radius 2 is 1.67 bits per heavy atom. The van der Waals surface area contributed by atoms with Crippen LogP contribution in [0.15, 0.2) is 59.5 Å². The molecule has 0 saturated carbocycles. The Labute approximate surface area is 122 Å². The molecule has 2 aromatic carbocycles. The van der Waals surface area contributed by atoms with Gasteiger partial charge in [0.15, 0.2) is 5.78 Å². The van der Waals surface area contributed by atoms with Crippen LogP contribution >= 0.6 is 0 Å². The molecule has 0 amide bonds. The fourth-order valence-electron chi connectivity index (χ4n) is 1.68. The van der Waals surface area contributed by atoms with Gasteiger partial charge >= 0.3 is 0 Å². The van der Waals surface area contributed by atoms with Gasteiger partial charge in [-0.2, -0.15) is 5.26 Å². The lowest BCUT2D eigenvalue weighted by Crippen LogP contribution is -2.29. The molecule has 0 atom stereocenters. The van der Waals surface area contributed by atoms with Gasteiger partial charge in [0.05, 0.1) is 23.1 Å². The molecule has 0 heterocycles. The number of hydrogen-bond acceptors (Lipinski definition) is 4. The maximum absolute atomic E-state index is 12.0. The second-order valence-electron chi connectivity index (χ2n) is 4.25. The van der Waals surface area contributed by atoms with Crippen LogP contribution in [0.1, 0.15) is 15.9 Å². The summed E-state index contributed by atoms with van der Waals surface area (Å²) >= 11 is 0. The van der Waals surface area contributed by atoms with Crippen LogP contribution in [0.4, 0.5) is 0 Å². The van der Waals surface area contributed by atoms with Crippen LogP contribution in [0.25, 0.3) is 0 Å². The van der Waals surface area contributed by atoms with E-state index in [9.17, 15) is 13.2 Å². The van der Waals surface area contributed by atoms with Gasteiger partial charge in [0.1, 0.15) is 0 Å². The summed E-state index contributed by atoms with van der Waals surface area (Å²) in [6, 6.07) is 15.8. The molecule has 0 aromatic heterocycles. The maximum atomic E-state index is 12.0. The summed E-state index contributed by atoms with van der Waals surface area (Å²) in [6.07, 6.45) is 0. The molecule has 2 rings (SSSR count). The lowest BCUT2D eigenvalue weighted by atomic mass is 10.1. The largest absolute Gasteiger partial charge is 0.293 e. The van der Waals surface area contributed by atoms with E-state index in [2.05, 4.69) is 4.72 Å². The molecule has 1 N–H and O–H groups in total. The molecule has 2 aromatic rings. The number of sulfonamides is 1. The molecule has 0 spiro atoms. The Morgan fingerprint density at radius 1 is 1.05 bits per heavy atom. The van der Waals surface area contributed by atoms with Crippen LogP contribution in [-0.4, -0.2) is 20.7 Å². The van der Waals surface area contributed by atoms with Crippen LogP contribution in [0.2, 0.25) is 0 Å². The Morgan fingerprint density at radius 3 is 2.24 bits per heavy atom. The second kappa shape index (κ2) is 6.31. The first-order valence-corrected chi connectivity index (χ1v) is 7.59. The number of ketones is 1. The molecule has 0 aliphatic rings. The van der Waals surface area contributed by atoms with Crippen molar-refractivity contribution in [3.63, 3.8) is 0 Å². The molecule has 0 fully saturated rings. The van der Waals surface area contributed by atoms with Crippen molar-refractivity contribution in [2.75, 3.05) is 6.54 Å². The molecule has 0 aliphatic carbocycles. The fraction of sp³-hybridized carbons (Fsp3) is 0.0667. The lowest BCUT2D eigenvalue weighted by Gasteiger charge is -2.06. The van der Waals surface area contributed by atoms with Gasteiger partial charge in [0.25, 0.3) is 0 Å². The summed E-state index contributed by atoms with van der Waals surface area (Å²) in [5.74, 6) is -0.312. The van der Waals surface area contributed by atoms with Crippen molar-refractivity contribution in [1.29, 1.82) is 5.26 Å². The number of rotatable bonds is 5. The summed E-state index contributed by atoms with van der Waals surface area (Å²) < 4.78 is 26.3. The minimum absolute atomic E-state index is 0.0161. The van der Waals surface area contributed by atoms with Crippen LogP contribution < -0.4 is 4.72 Å². The van der Waals surface area contributed by atoms with E-state index >= 15 is 0 Å². The number of nitrogens with one attached hydrogen (secondary N) is 1. The van der Waals surface area contributed by atoms with Crippen molar-refractivity contribution >= 4 is 15.8 Å². The highest BCUT2D eigenvalue weighted by Gasteiger charge is 2.16. The summed E-state index contributed by atoms with van der Waals surface area (Å²) in [5.41, 5.74) is 0.814. The van der Waals surface area contributed by atoms with Gasteiger partial charge in [-0.25, -0.2) is 13.1 Å². The van der Waals surface area contributed by atoms with Crippen LogP contribution in [0.3, 0.4) is 0 Å². The van der Waals surface area contributed by atoms with Gasteiger partial charge in [0, 0.05) is 5.56 Å². The first-order valence-electron chi connectivity index (χ1n) is 6.11. The highest BCUT2D eigenvalue weighted by molar-refractivity contribution is 7.89. The zero-order valence-corrected chi connectivity index (χ0v) is 11.8. The van der Waals surface area contributed by atoms with Crippen molar-refractivity contribution in [3.8, 4) is 6.07 Å². The highest BCUT2D eigenvalue weighted by atomic mass is 32.2. The van der Waals surface area contributed by atoms with E-state index in [1.165, 1.54) is 24.3 Å². The first-order chi connectivity index (χ1) is 10.0. The molecule has 0 bridgehead atoms. The third kappa shape index (κ3) is 3.75. The van der Waals surface area contributed by atoms with Gasteiger partial charge < -0.3 is 0 Å². The van der Waals surface area contributed by atoms with Crippen LogP contribution in [0.5, 0.6) is 0 Å². The number of carbonyl (C=O) groups is 1. The fourth-order valence-corrected chi connectivity index (χ4v) is 2.66. The van der Waals surface area contributed by atoms with Gasteiger partial charge in [-0.15, -0.1) is 0 Å². The second-order valence-corrected chi connectivity index (χ2v) is 6.02. The van der Waals surface area contributed by atoms with Crippen molar-refractivity contribution in [2.24, 2.45) is 0 Å². The molecule has 0 aliphatic heterocycles. The average Bonchev–Trinajstić information content (AvgIpc) is 2.53. The smallest absolute Gasteiger partial charge is 0.240 e. The summed E-state index contributed by atoms with van der Waals surface area (Å²) in [5, 5.41) is 8.67. The van der Waals surface area contributed by atoms with E-state index < -0.39 is 10.0 Å². The monoisotopic (exact) mass is 300 g/mol. The maximum Gasteiger partial charge on any atom is 0.240 e. The van der Waals surface area contributed by atoms with Crippen LogP contribution in [0, 0.1) is 11.3 Å². The minimum Gasteiger partial charge on any atom is -0.293 e. The molecule has 0 radical (unpaired) electrons. The molecule has 6 heteroatoms. The predicted octanol–water partition coefficient (Wildman–Crippen LogP) is 1.72. The third-order valence-electron chi connectivity index (χ3n) is 2.81. The highest BCUT2D eigenvalue weighted by Crippen LogP contribution is 2.10. The zero-order chi connectivity index (χ0) is 15.3. The zero-order valence-electron chi connectivity index (χ0n) is 11.0. The molecular formula is C15H12N2O3S. The number of hydrogen-bond donors (Lipinski definition) is 1. The van der Waals surface area contributed by atoms with Crippen LogP contribution in [-0.2, 0) is 10.0 Å². The number of nitriles is 1. The van der Waals surface area contributed by atoms with Crippen molar-refractivity contribution < 1.29 is 13.2 Å². The topological polar surface area (TPSA) is 87.0 Å². The van der Waals surface area contributed by atoms with E-state index in [1.807, 2.05) is 6.07 Å². The lowest BCUT2D eigenvalue weighted by molar-refractivity contribution is 0.0997. The van der Waals surface area contributed by atoms with Crippen molar-refractivity contribution in [1.82, 2.24) is 4.72 Å². The van der Waals surface area contributed by atoms with E-state index in [1.54, 1.807) is 30.3 Å². The van der Waals surface area contributed by atoms with Gasteiger partial charge in [0.2, 0.25) is 10.0 Å². The van der Waals surface area contributed by atoms with E-state index in [0.717, 1.165) is 0 Å². The Bertz CT molecular complexity index is 776. The average molecular weight is 300 g/mol. The van der Waals surface area contributed by atoms with Crippen molar-refractivity contribution in [2.45, 2.75) is 4.90 Å². The first kappa shape index (κ1) is 14.9. The van der Waals surface area contributed by atoms with Crippen molar-refractivity contribution in [3.05, 3.63) is 65.7 Å².